The molecule has 2 aliphatic heterocycles. The minimum Gasteiger partial charge on any atom is -0.490 e. The van der Waals surface area contributed by atoms with Crippen molar-refractivity contribution in [2.24, 2.45) is 11.8 Å². The number of halogens is 1. The average molecular weight is 693 g/mol. The van der Waals surface area contributed by atoms with Gasteiger partial charge in [-0.3, -0.25) is 14.4 Å². The SMILES string of the molecule is CN1CCC=C[C@H](O)[C@@H]2CC[C@H]2CN2C[C@@]3(CCCc4cc(Cl)ccc43)COc3ccc(cc32)[C@](CC(=O)OC(C)(C)C)(C(=O)O)CC1=O. The van der Waals surface area contributed by atoms with Crippen LogP contribution < -0.4 is 9.64 Å². The van der Waals surface area contributed by atoms with Crippen molar-refractivity contribution in [3.63, 3.8) is 0 Å². The molecule has 2 heterocycles. The summed E-state index contributed by atoms with van der Waals surface area (Å²) in [4.78, 5) is 44.4. The van der Waals surface area contributed by atoms with Crippen LogP contribution in [0.1, 0.15) is 82.4 Å². The lowest BCUT2D eigenvalue weighted by atomic mass is 9.68. The molecule has 2 aromatic carbocycles. The number of carbonyl (C=O) groups excluding carboxylic acids is 2. The fraction of sp³-hybridized carbons (Fsp3) is 0.564. The van der Waals surface area contributed by atoms with Gasteiger partial charge >= 0.3 is 11.9 Å². The maximum atomic E-state index is 13.7. The minimum atomic E-state index is -1.88. The second-order valence-electron chi connectivity index (χ2n) is 15.6. The van der Waals surface area contributed by atoms with E-state index in [0.29, 0.717) is 49.0 Å². The number of carboxylic acids is 1. The predicted octanol–water partition coefficient (Wildman–Crippen LogP) is 6.06. The van der Waals surface area contributed by atoms with Gasteiger partial charge in [0.25, 0.3) is 0 Å². The van der Waals surface area contributed by atoms with Gasteiger partial charge in [-0.15, -0.1) is 0 Å². The number of hydrogen-bond acceptors (Lipinski definition) is 7. The largest absolute Gasteiger partial charge is 0.490 e. The Balaban J connectivity index is 1.49. The van der Waals surface area contributed by atoms with Crippen LogP contribution in [0.4, 0.5) is 5.69 Å². The molecule has 1 spiro atoms. The summed E-state index contributed by atoms with van der Waals surface area (Å²) in [7, 11) is 1.64. The zero-order valence-corrected chi connectivity index (χ0v) is 29.8. The molecule has 2 bridgehead atoms. The summed E-state index contributed by atoms with van der Waals surface area (Å²) in [5.41, 5.74) is 0.464. The van der Waals surface area contributed by atoms with E-state index >= 15 is 0 Å². The smallest absolute Gasteiger partial charge is 0.315 e. The Morgan fingerprint density at radius 1 is 1.14 bits per heavy atom. The van der Waals surface area contributed by atoms with Crippen molar-refractivity contribution in [2.75, 3.05) is 38.2 Å². The van der Waals surface area contributed by atoms with Crippen molar-refractivity contribution in [2.45, 2.75) is 94.7 Å². The van der Waals surface area contributed by atoms with Crippen LogP contribution in [0.2, 0.25) is 5.02 Å². The molecule has 2 aliphatic carbocycles. The number of ether oxygens (including phenoxy) is 2. The lowest BCUT2D eigenvalue weighted by Crippen LogP contribution is -2.49. The molecule has 0 saturated heterocycles. The van der Waals surface area contributed by atoms with Gasteiger partial charge in [-0.1, -0.05) is 35.9 Å². The highest BCUT2D eigenvalue weighted by Crippen LogP contribution is 2.48. The Hall–Kier alpha value is -3.56. The van der Waals surface area contributed by atoms with Gasteiger partial charge in [0.2, 0.25) is 5.91 Å². The minimum absolute atomic E-state index is 0.0815. The van der Waals surface area contributed by atoms with Gasteiger partial charge in [0.05, 0.1) is 24.8 Å². The number of amides is 1. The number of aliphatic hydroxyl groups excluding tert-OH is 1. The number of aryl methyl sites for hydroxylation is 1. The predicted molar refractivity (Wildman–Crippen MR) is 188 cm³/mol. The number of anilines is 1. The fourth-order valence-electron chi connectivity index (χ4n) is 8.30. The number of aliphatic hydroxyl groups is 1. The number of fused-ring (bicyclic) bond motifs is 4. The van der Waals surface area contributed by atoms with Gasteiger partial charge in [0, 0.05) is 43.5 Å². The molecule has 2 aromatic rings. The molecule has 1 amide bonds. The van der Waals surface area contributed by atoms with Crippen LogP contribution in [0, 0.1) is 11.8 Å². The molecule has 0 aromatic heterocycles. The third-order valence-electron chi connectivity index (χ3n) is 11.1. The van der Waals surface area contributed by atoms with Crippen molar-refractivity contribution in [3.05, 3.63) is 70.3 Å². The molecule has 0 radical (unpaired) electrons. The lowest BCUT2D eigenvalue weighted by molar-refractivity contribution is -0.162. The molecule has 0 unspecified atom stereocenters. The van der Waals surface area contributed by atoms with Crippen molar-refractivity contribution in [1.29, 1.82) is 0 Å². The molecule has 6 rings (SSSR count). The molecular formula is C39H49ClN2O7. The normalized spacial score (nSPS) is 28.9. The first-order valence-corrected chi connectivity index (χ1v) is 17.9. The van der Waals surface area contributed by atoms with Gasteiger partial charge in [0.1, 0.15) is 16.8 Å². The number of rotatable bonds is 3. The molecule has 9 nitrogen and oxygen atoms in total. The third kappa shape index (κ3) is 7.20. The number of nitrogens with zero attached hydrogens (tertiary/aromatic N) is 2. The van der Waals surface area contributed by atoms with E-state index in [1.165, 1.54) is 16.0 Å². The topological polar surface area (TPSA) is 117 Å². The van der Waals surface area contributed by atoms with Crippen molar-refractivity contribution in [3.8, 4) is 5.75 Å². The van der Waals surface area contributed by atoms with E-state index < -0.39 is 47.8 Å². The zero-order chi connectivity index (χ0) is 35.1. The van der Waals surface area contributed by atoms with Crippen LogP contribution in [0.3, 0.4) is 0 Å². The average Bonchev–Trinajstić information content (AvgIpc) is 3.16. The molecule has 1 saturated carbocycles. The fourth-order valence-corrected chi connectivity index (χ4v) is 8.49. The Kier molecular flexibility index (Phi) is 9.81. The summed E-state index contributed by atoms with van der Waals surface area (Å²) in [6.45, 7) is 7.26. The highest BCUT2D eigenvalue weighted by atomic mass is 35.5. The van der Waals surface area contributed by atoms with Gasteiger partial charge in [-0.2, -0.15) is 0 Å². The summed E-state index contributed by atoms with van der Waals surface area (Å²) >= 11 is 6.44. The maximum absolute atomic E-state index is 13.7. The van der Waals surface area contributed by atoms with Crippen molar-refractivity contribution < 1.29 is 34.1 Å². The Bertz CT molecular complexity index is 1640. The third-order valence-corrected chi connectivity index (χ3v) is 11.3. The summed E-state index contributed by atoms with van der Waals surface area (Å²) in [5.74, 6) is -1.43. The molecule has 4 aliphatic rings. The van der Waals surface area contributed by atoms with Gasteiger partial charge < -0.3 is 29.5 Å². The molecule has 49 heavy (non-hydrogen) atoms. The number of carboxylic acid groups (broad SMARTS) is 1. The van der Waals surface area contributed by atoms with Crippen LogP contribution >= 0.6 is 11.6 Å². The monoisotopic (exact) mass is 692 g/mol. The quantitative estimate of drug-likeness (QED) is 0.295. The molecule has 5 atom stereocenters. The first-order chi connectivity index (χ1) is 23.2. The van der Waals surface area contributed by atoms with E-state index in [1.54, 1.807) is 40.0 Å². The second-order valence-corrected chi connectivity index (χ2v) is 16.1. The van der Waals surface area contributed by atoms with Crippen LogP contribution in [0.5, 0.6) is 5.75 Å². The number of aliphatic carboxylic acids is 1. The van der Waals surface area contributed by atoms with Gasteiger partial charge in [0.15, 0.2) is 0 Å². The van der Waals surface area contributed by atoms with Crippen LogP contribution in [0.25, 0.3) is 0 Å². The molecule has 264 valence electrons. The van der Waals surface area contributed by atoms with Crippen LogP contribution in [0.15, 0.2) is 48.6 Å². The highest BCUT2D eigenvalue weighted by molar-refractivity contribution is 6.30. The maximum Gasteiger partial charge on any atom is 0.315 e. The summed E-state index contributed by atoms with van der Waals surface area (Å²) in [6, 6.07) is 11.4. The van der Waals surface area contributed by atoms with E-state index in [1.807, 2.05) is 24.3 Å². The summed E-state index contributed by atoms with van der Waals surface area (Å²) in [6.07, 6.45) is 7.44. The van der Waals surface area contributed by atoms with E-state index in [9.17, 15) is 24.6 Å². The highest BCUT2D eigenvalue weighted by Gasteiger charge is 2.48. The van der Waals surface area contributed by atoms with Crippen LogP contribution in [-0.4, -0.2) is 78.0 Å². The Morgan fingerprint density at radius 3 is 2.65 bits per heavy atom. The van der Waals surface area contributed by atoms with Crippen LogP contribution in [-0.2, 0) is 36.4 Å². The Labute approximate surface area is 294 Å². The van der Waals surface area contributed by atoms with E-state index in [4.69, 9.17) is 21.1 Å². The second kappa shape index (κ2) is 13.6. The number of carbonyl (C=O) groups is 3. The molecule has 2 N–H and O–H groups in total. The molecule has 10 heteroatoms. The van der Waals surface area contributed by atoms with Crippen molar-refractivity contribution >= 4 is 35.1 Å². The van der Waals surface area contributed by atoms with E-state index in [2.05, 4.69) is 17.0 Å². The Morgan fingerprint density at radius 2 is 1.94 bits per heavy atom. The molecular weight excluding hydrogens is 644 g/mol. The summed E-state index contributed by atoms with van der Waals surface area (Å²) in [5, 5.41) is 22.9. The van der Waals surface area contributed by atoms with E-state index in [-0.39, 0.29) is 17.3 Å². The van der Waals surface area contributed by atoms with Gasteiger partial charge in [-0.25, -0.2) is 0 Å². The zero-order valence-electron chi connectivity index (χ0n) is 29.0. The standard InChI is InChI=1S/C39H49ClN2O7/c1-37(2,3)49-35(45)21-39(36(46)47)20-34(44)41(4)17-6-5-9-32(43)29-13-10-26(29)22-42-23-38(24-48-33-15-11-27(39)19-31(33)42)16-7-8-25-18-28(40)12-14-30(25)38/h5,9,11-12,14-15,18-19,26,29,32,43H,6-8,10,13,16-17,20-24H2,1-4H3,(H,46,47)/t26-,29+,32-,38-,39-/m0/s1. The number of hydrogen-bond donors (Lipinski definition) is 2. The number of benzene rings is 2. The van der Waals surface area contributed by atoms with Gasteiger partial charge in [-0.05, 0) is 112 Å². The number of esters is 1. The van der Waals surface area contributed by atoms with Crippen molar-refractivity contribution in [1.82, 2.24) is 4.90 Å². The first kappa shape index (κ1) is 35.3. The molecule has 1 fully saturated rings. The lowest BCUT2D eigenvalue weighted by Gasteiger charge is -2.45. The first-order valence-electron chi connectivity index (χ1n) is 17.5. The van der Waals surface area contributed by atoms with E-state index in [0.717, 1.165) is 37.8 Å². The summed E-state index contributed by atoms with van der Waals surface area (Å²) < 4.78 is 12.3.